The van der Waals surface area contributed by atoms with Crippen LogP contribution in [-0.2, 0) is 15.8 Å². The van der Waals surface area contributed by atoms with Crippen LogP contribution in [0.15, 0.2) is 72.1 Å². The van der Waals surface area contributed by atoms with Crippen molar-refractivity contribution in [3.05, 3.63) is 83.3 Å². The summed E-state index contributed by atoms with van der Waals surface area (Å²) in [5, 5.41) is 1.45. The van der Waals surface area contributed by atoms with E-state index in [0.29, 0.717) is 0 Å². The van der Waals surface area contributed by atoms with E-state index in [1.165, 1.54) is 11.5 Å². The van der Waals surface area contributed by atoms with E-state index in [4.69, 9.17) is 0 Å². The fourth-order valence-corrected chi connectivity index (χ4v) is 2.22. The molecule has 0 bridgehead atoms. The van der Waals surface area contributed by atoms with Gasteiger partial charge in [0.2, 0.25) is 0 Å². The standard InChI is InChI=1S/C17H15NO2S/c19-17(12-11-15-7-3-1-4-8-15)18-21(20)14-13-16-9-5-2-6-10-16/h1-14H,(H,18,19)/b12-11-,14-13+. The summed E-state index contributed by atoms with van der Waals surface area (Å²) >= 11 is 0. The molecule has 0 aliphatic heterocycles. The van der Waals surface area contributed by atoms with Crippen molar-refractivity contribution in [1.29, 1.82) is 0 Å². The van der Waals surface area contributed by atoms with Gasteiger partial charge < -0.3 is 0 Å². The van der Waals surface area contributed by atoms with Crippen LogP contribution in [0.2, 0.25) is 0 Å². The van der Waals surface area contributed by atoms with Crippen LogP contribution >= 0.6 is 0 Å². The predicted molar refractivity (Wildman–Crippen MR) is 87.2 cm³/mol. The molecular formula is C17H15NO2S. The maximum atomic E-state index is 11.7. The van der Waals surface area contributed by atoms with Gasteiger partial charge in [-0.15, -0.1) is 0 Å². The van der Waals surface area contributed by atoms with E-state index in [0.717, 1.165) is 11.1 Å². The van der Waals surface area contributed by atoms with Crippen molar-refractivity contribution in [2.75, 3.05) is 0 Å². The van der Waals surface area contributed by atoms with Crippen molar-refractivity contribution in [1.82, 2.24) is 4.72 Å². The normalized spacial score (nSPS) is 12.6. The average Bonchev–Trinajstić information content (AvgIpc) is 2.53. The van der Waals surface area contributed by atoms with Gasteiger partial charge in [0, 0.05) is 11.5 Å². The Hall–Kier alpha value is -2.46. The van der Waals surface area contributed by atoms with Crippen LogP contribution < -0.4 is 4.72 Å². The lowest BCUT2D eigenvalue weighted by Gasteiger charge is -1.97. The fourth-order valence-electron chi connectivity index (χ4n) is 1.61. The van der Waals surface area contributed by atoms with E-state index < -0.39 is 16.9 Å². The zero-order chi connectivity index (χ0) is 14.9. The molecule has 2 aromatic carbocycles. The molecule has 0 aliphatic carbocycles. The molecule has 2 aromatic rings. The third-order valence-electron chi connectivity index (χ3n) is 2.61. The van der Waals surface area contributed by atoms with Gasteiger partial charge in [0.25, 0.3) is 5.91 Å². The zero-order valence-electron chi connectivity index (χ0n) is 11.3. The van der Waals surface area contributed by atoms with Crippen molar-refractivity contribution in [3.8, 4) is 0 Å². The Balaban J connectivity index is 1.87. The molecule has 1 N–H and O–H groups in total. The molecule has 106 valence electrons. The van der Waals surface area contributed by atoms with Gasteiger partial charge in [0.1, 0.15) is 11.0 Å². The fraction of sp³-hybridized carbons (Fsp3) is 0. The van der Waals surface area contributed by atoms with E-state index in [2.05, 4.69) is 4.72 Å². The molecule has 3 nitrogen and oxygen atoms in total. The minimum Gasteiger partial charge on any atom is -0.269 e. The highest BCUT2D eigenvalue weighted by Crippen LogP contribution is 2.02. The van der Waals surface area contributed by atoms with Crippen LogP contribution in [0.3, 0.4) is 0 Å². The maximum Gasteiger partial charge on any atom is 0.255 e. The van der Waals surface area contributed by atoms with Crippen molar-refractivity contribution in [3.63, 3.8) is 0 Å². The van der Waals surface area contributed by atoms with Crippen LogP contribution in [0.4, 0.5) is 0 Å². The van der Waals surface area contributed by atoms with Gasteiger partial charge in [-0.2, -0.15) is 0 Å². The number of carbonyl (C=O) groups excluding carboxylic acids is 1. The average molecular weight is 297 g/mol. The zero-order valence-corrected chi connectivity index (χ0v) is 12.1. The minimum atomic E-state index is -1.54. The van der Waals surface area contributed by atoms with Gasteiger partial charge in [-0.25, -0.2) is 4.21 Å². The molecule has 0 fully saturated rings. The Morgan fingerprint density at radius 1 is 0.857 bits per heavy atom. The molecule has 0 aliphatic rings. The van der Waals surface area contributed by atoms with E-state index in [-0.39, 0.29) is 0 Å². The van der Waals surface area contributed by atoms with Crippen molar-refractivity contribution >= 4 is 29.0 Å². The van der Waals surface area contributed by atoms with Gasteiger partial charge in [0.15, 0.2) is 0 Å². The molecule has 0 spiro atoms. The first-order valence-corrected chi connectivity index (χ1v) is 7.63. The predicted octanol–water partition coefficient (Wildman–Crippen LogP) is 3.15. The molecule has 1 atom stereocenters. The van der Waals surface area contributed by atoms with E-state index in [9.17, 15) is 9.00 Å². The number of carbonyl (C=O) groups is 1. The first-order valence-electron chi connectivity index (χ1n) is 6.41. The number of benzene rings is 2. The highest BCUT2D eigenvalue weighted by atomic mass is 32.2. The maximum absolute atomic E-state index is 11.7. The quantitative estimate of drug-likeness (QED) is 0.862. The molecule has 0 heterocycles. The molecule has 1 amide bonds. The molecule has 2 rings (SSSR count). The molecule has 1 unspecified atom stereocenters. The molecule has 0 saturated heterocycles. The SMILES string of the molecule is O=C(/C=C\c1ccccc1)NS(=O)/C=C/c1ccccc1. The van der Waals surface area contributed by atoms with Crippen LogP contribution in [0.25, 0.3) is 12.2 Å². The van der Waals surface area contributed by atoms with Crippen LogP contribution in [-0.4, -0.2) is 10.1 Å². The summed E-state index contributed by atoms with van der Waals surface area (Å²) in [6.07, 6.45) is 4.74. The lowest BCUT2D eigenvalue weighted by atomic mass is 10.2. The number of nitrogens with one attached hydrogen (secondary N) is 1. The molecule has 4 heteroatoms. The Kier molecular flexibility index (Phi) is 5.67. The molecule has 0 aromatic heterocycles. The Bertz CT molecular complexity index is 604. The second-order valence-corrected chi connectivity index (χ2v) is 5.29. The lowest BCUT2D eigenvalue weighted by Crippen LogP contribution is -2.21. The van der Waals surface area contributed by atoms with E-state index in [1.54, 1.807) is 12.2 Å². The second kappa shape index (κ2) is 7.97. The molecule has 0 radical (unpaired) electrons. The van der Waals surface area contributed by atoms with Crippen molar-refractivity contribution < 1.29 is 9.00 Å². The highest BCUT2D eigenvalue weighted by Gasteiger charge is 1.99. The first-order chi connectivity index (χ1) is 10.2. The second-order valence-electron chi connectivity index (χ2n) is 4.22. The van der Waals surface area contributed by atoms with Gasteiger partial charge in [0.05, 0.1) is 0 Å². The van der Waals surface area contributed by atoms with Crippen molar-refractivity contribution in [2.24, 2.45) is 0 Å². The molecule has 21 heavy (non-hydrogen) atoms. The minimum absolute atomic E-state index is 0.394. The summed E-state index contributed by atoms with van der Waals surface area (Å²) in [4.78, 5) is 11.6. The number of hydrogen-bond acceptors (Lipinski definition) is 2. The number of hydrogen-bond donors (Lipinski definition) is 1. The summed E-state index contributed by atoms with van der Waals surface area (Å²) in [6.45, 7) is 0. The van der Waals surface area contributed by atoms with Crippen LogP contribution in [0.5, 0.6) is 0 Å². The summed E-state index contributed by atoms with van der Waals surface area (Å²) in [7, 11) is -1.54. The van der Waals surface area contributed by atoms with Gasteiger partial charge >= 0.3 is 0 Å². The van der Waals surface area contributed by atoms with Crippen LogP contribution in [0.1, 0.15) is 11.1 Å². The highest BCUT2D eigenvalue weighted by molar-refractivity contribution is 7.86. The Labute approximate surface area is 126 Å². The summed E-state index contributed by atoms with van der Waals surface area (Å²) in [5.41, 5.74) is 1.85. The van der Waals surface area contributed by atoms with E-state index >= 15 is 0 Å². The topological polar surface area (TPSA) is 46.2 Å². The van der Waals surface area contributed by atoms with Gasteiger partial charge in [-0.05, 0) is 23.3 Å². The van der Waals surface area contributed by atoms with Crippen molar-refractivity contribution in [2.45, 2.75) is 0 Å². The molecular weight excluding hydrogens is 282 g/mol. The largest absolute Gasteiger partial charge is 0.269 e. The van der Waals surface area contributed by atoms with Gasteiger partial charge in [-0.1, -0.05) is 60.7 Å². The number of rotatable bonds is 5. The summed E-state index contributed by atoms with van der Waals surface area (Å²) in [6, 6.07) is 18.9. The Morgan fingerprint density at radius 2 is 1.38 bits per heavy atom. The third kappa shape index (κ3) is 5.58. The van der Waals surface area contributed by atoms with Crippen LogP contribution in [0, 0.1) is 0 Å². The Morgan fingerprint density at radius 3 is 1.95 bits per heavy atom. The third-order valence-corrected chi connectivity index (χ3v) is 3.40. The number of amides is 1. The summed E-state index contributed by atoms with van der Waals surface area (Å²) in [5.74, 6) is -0.394. The van der Waals surface area contributed by atoms with Gasteiger partial charge in [-0.3, -0.25) is 9.52 Å². The smallest absolute Gasteiger partial charge is 0.255 e. The van der Waals surface area contributed by atoms with E-state index in [1.807, 2.05) is 60.7 Å². The monoisotopic (exact) mass is 297 g/mol. The first kappa shape index (κ1) is 14.9. The lowest BCUT2D eigenvalue weighted by molar-refractivity contribution is -0.114. The molecule has 0 saturated carbocycles. The summed E-state index contributed by atoms with van der Waals surface area (Å²) < 4.78 is 14.1.